The average molecular weight is 443 g/mol. The van der Waals surface area contributed by atoms with E-state index in [0.717, 1.165) is 25.9 Å². The van der Waals surface area contributed by atoms with Crippen molar-refractivity contribution in [2.75, 3.05) is 24.1 Å². The van der Waals surface area contributed by atoms with Gasteiger partial charge in [0.05, 0.1) is 23.1 Å². The van der Waals surface area contributed by atoms with Gasteiger partial charge < -0.3 is 15.1 Å². The predicted octanol–water partition coefficient (Wildman–Crippen LogP) is 2.84. The highest BCUT2D eigenvalue weighted by atomic mass is 16.4. The van der Waals surface area contributed by atoms with E-state index < -0.39 is 5.91 Å². The largest absolute Gasteiger partial charge is 0.423 e. The molecule has 11 nitrogen and oxygen atoms in total. The summed E-state index contributed by atoms with van der Waals surface area (Å²) in [6.45, 7) is 3.70. The number of hydrogen-bond donors (Lipinski definition) is 2. The van der Waals surface area contributed by atoms with Gasteiger partial charge in [-0.3, -0.25) is 10.1 Å². The van der Waals surface area contributed by atoms with Crippen LogP contribution in [0.5, 0.6) is 0 Å². The molecule has 1 aliphatic heterocycles. The average Bonchev–Trinajstić information content (AvgIpc) is 3.41. The van der Waals surface area contributed by atoms with Crippen LogP contribution in [0, 0.1) is 11.3 Å². The van der Waals surface area contributed by atoms with Gasteiger partial charge in [-0.1, -0.05) is 6.08 Å². The van der Waals surface area contributed by atoms with E-state index in [2.05, 4.69) is 36.5 Å². The van der Waals surface area contributed by atoms with Gasteiger partial charge in [0, 0.05) is 13.1 Å². The monoisotopic (exact) mass is 443 g/mol. The lowest BCUT2D eigenvalue weighted by atomic mass is 10.1. The minimum atomic E-state index is -0.534. The lowest BCUT2D eigenvalue weighted by Crippen LogP contribution is -2.33. The molecule has 11 heteroatoms. The fourth-order valence-corrected chi connectivity index (χ4v) is 4.14. The lowest BCUT2D eigenvalue weighted by Gasteiger charge is -2.32. The van der Waals surface area contributed by atoms with E-state index >= 15 is 0 Å². The normalized spacial score (nSPS) is 16.5. The molecule has 0 bridgehead atoms. The number of nitriles is 1. The fourth-order valence-electron chi connectivity index (χ4n) is 4.14. The molecule has 1 aliphatic rings. The molecule has 1 saturated heterocycles. The van der Waals surface area contributed by atoms with E-state index in [0.29, 0.717) is 27.7 Å². The summed E-state index contributed by atoms with van der Waals surface area (Å²) in [5.41, 5.74) is 8.10. The summed E-state index contributed by atoms with van der Waals surface area (Å²) >= 11 is 0. The molecule has 4 aromatic rings. The number of nitrogens with one attached hydrogen (secondary N) is 1. The van der Waals surface area contributed by atoms with Gasteiger partial charge in [-0.15, -0.1) is 0 Å². The number of carbonyl (C=O) groups is 1. The number of hydrogen-bond acceptors (Lipinski definition) is 9. The summed E-state index contributed by atoms with van der Waals surface area (Å²) in [6.07, 6.45) is 7.33. The first-order valence-corrected chi connectivity index (χ1v) is 10.5. The van der Waals surface area contributed by atoms with Crippen molar-refractivity contribution in [3.05, 3.63) is 48.1 Å². The summed E-state index contributed by atoms with van der Waals surface area (Å²) in [4.78, 5) is 28.1. The number of nitrogens with zero attached hydrogens (tertiary/aromatic N) is 7. The highest BCUT2D eigenvalue weighted by molar-refractivity contribution is 6.12. The third-order valence-corrected chi connectivity index (χ3v) is 5.60. The standard InChI is InChI=1S/C22H21N9O2/c1-2-7-30-8-3-4-14(11-30)31-20-17(19(24)25-12-26-20)18(29-31)21(32)28-22-27-15-9-13(10-23)5-6-16(15)33-22/h2,5-7,9,12,14H,3-4,8,11H2,1H3,(H2,24,25,26)(H,27,28,32)/t14-/m1/s1. The molecule has 0 spiro atoms. The van der Waals surface area contributed by atoms with Crippen LogP contribution in [0.4, 0.5) is 11.8 Å². The maximum Gasteiger partial charge on any atom is 0.302 e. The third kappa shape index (κ3) is 3.71. The quantitative estimate of drug-likeness (QED) is 0.485. The number of fused-ring (bicyclic) bond motifs is 2. The van der Waals surface area contributed by atoms with Crippen molar-refractivity contribution in [2.24, 2.45) is 0 Å². The Labute approximate surface area is 188 Å². The number of oxazole rings is 1. The van der Waals surface area contributed by atoms with Crippen LogP contribution in [-0.4, -0.2) is 48.6 Å². The van der Waals surface area contributed by atoms with Crippen LogP contribution in [0.2, 0.25) is 0 Å². The van der Waals surface area contributed by atoms with Gasteiger partial charge in [-0.05, 0) is 44.2 Å². The molecule has 1 amide bonds. The summed E-state index contributed by atoms with van der Waals surface area (Å²) in [5, 5.41) is 16.7. The molecule has 3 aromatic heterocycles. The van der Waals surface area contributed by atoms with E-state index in [1.54, 1.807) is 22.9 Å². The number of carbonyl (C=O) groups excluding carboxylic acids is 1. The Balaban J connectivity index is 1.50. The molecule has 1 aromatic carbocycles. The van der Waals surface area contributed by atoms with Gasteiger partial charge in [0.1, 0.15) is 17.7 Å². The molecule has 0 radical (unpaired) electrons. The number of allylic oxidation sites excluding steroid dienone is 1. The molecule has 0 saturated carbocycles. The smallest absolute Gasteiger partial charge is 0.302 e. The topological polar surface area (TPSA) is 152 Å². The van der Waals surface area contributed by atoms with Crippen molar-refractivity contribution in [1.29, 1.82) is 5.26 Å². The molecule has 33 heavy (non-hydrogen) atoms. The zero-order chi connectivity index (χ0) is 22.9. The predicted molar refractivity (Wildman–Crippen MR) is 121 cm³/mol. The first kappa shape index (κ1) is 20.4. The Morgan fingerprint density at radius 1 is 1.39 bits per heavy atom. The van der Waals surface area contributed by atoms with Gasteiger partial charge in [-0.2, -0.15) is 15.3 Å². The number of nitrogens with two attached hydrogens (primary N) is 1. The highest BCUT2D eigenvalue weighted by Crippen LogP contribution is 2.29. The molecule has 0 aliphatic carbocycles. The fraction of sp³-hybridized carbons (Fsp3) is 0.273. The highest BCUT2D eigenvalue weighted by Gasteiger charge is 2.28. The first-order chi connectivity index (χ1) is 16.1. The van der Waals surface area contributed by atoms with Crippen LogP contribution in [0.15, 0.2) is 41.2 Å². The van der Waals surface area contributed by atoms with Crippen LogP contribution in [0.25, 0.3) is 22.1 Å². The number of likely N-dealkylation sites (tertiary alicyclic amines) is 1. The van der Waals surface area contributed by atoms with Crippen LogP contribution in [0.1, 0.15) is 41.9 Å². The van der Waals surface area contributed by atoms with E-state index in [-0.39, 0.29) is 23.6 Å². The SMILES string of the molecule is CC=CN1CCC[C@@H](n2nc(C(=O)Nc3nc4cc(C#N)ccc4o3)c3c(N)ncnc32)C1. The minimum absolute atomic E-state index is 0.000125. The van der Waals surface area contributed by atoms with Gasteiger partial charge in [0.2, 0.25) is 0 Å². The maximum atomic E-state index is 13.2. The first-order valence-electron chi connectivity index (χ1n) is 10.5. The van der Waals surface area contributed by atoms with Crippen LogP contribution < -0.4 is 11.1 Å². The summed E-state index contributed by atoms with van der Waals surface area (Å²) in [6, 6.07) is 6.92. The molecule has 3 N–H and O–H groups in total. The van der Waals surface area contributed by atoms with Crippen LogP contribution in [0.3, 0.4) is 0 Å². The molecule has 5 rings (SSSR count). The van der Waals surface area contributed by atoms with Crippen molar-refractivity contribution >= 4 is 39.9 Å². The summed E-state index contributed by atoms with van der Waals surface area (Å²) in [5.74, 6) is -0.359. The minimum Gasteiger partial charge on any atom is -0.423 e. The summed E-state index contributed by atoms with van der Waals surface area (Å²) in [7, 11) is 0. The second-order valence-corrected chi connectivity index (χ2v) is 7.79. The van der Waals surface area contributed by atoms with Gasteiger partial charge in [-0.25, -0.2) is 14.6 Å². The molecule has 1 fully saturated rings. The maximum absolute atomic E-state index is 13.2. The van der Waals surface area contributed by atoms with Crippen molar-refractivity contribution in [3.8, 4) is 6.07 Å². The number of anilines is 2. The zero-order valence-electron chi connectivity index (χ0n) is 17.9. The number of nitrogen functional groups attached to an aromatic ring is 1. The van der Waals surface area contributed by atoms with Crippen LogP contribution in [-0.2, 0) is 0 Å². The van der Waals surface area contributed by atoms with Gasteiger partial charge in [0.15, 0.2) is 16.9 Å². The van der Waals surface area contributed by atoms with Crippen molar-refractivity contribution in [1.82, 2.24) is 29.6 Å². The molecule has 0 unspecified atom stereocenters. The van der Waals surface area contributed by atoms with E-state index in [4.69, 9.17) is 15.4 Å². The Hall–Kier alpha value is -4.46. The molecule has 166 valence electrons. The number of piperidine rings is 1. The van der Waals surface area contributed by atoms with Crippen molar-refractivity contribution in [3.63, 3.8) is 0 Å². The number of benzene rings is 1. The molecule has 4 heterocycles. The lowest BCUT2D eigenvalue weighted by molar-refractivity contribution is 0.101. The van der Waals surface area contributed by atoms with E-state index in [9.17, 15) is 4.79 Å². The number of aromatic nitrogens is 5. The molecule has 1 atom stereocenters. The van der Waals surface area contributed by atoms with E-state index in [1.165, 1.54) is 6.33 Å². The van der Waals surface area contributed by atoms with Gasteiger partial charge >= 0.3 is 6.01 Å². The van der Waals surface area contributed by atoms with E-state index in [1.807, 2.05) is 19.1 Å². The van der Waals surface area contributed by atoms with Crippen molar-refractivity contribution < 1.29 is 9.21 Å². The van der Waals surface area contributed by atoms with Crippen molar-refractivity contribution in [2.45, 2.75) is 25.8 Å². The number of amides is 1. The second kappa shape index (κ2) is 8.23. The number of rotatable bonds is 4. The van der Waals surface area contributed by atoms with Crippen LogP contribution >= 0.6 is 0 Å². The Morgan fingerprint density at radius 2 is 2.27 bits per heavy atom. The Morgan fingerprint density at radius 3 is 3.09 bits per heavy atom. The molecular weight excluding hydrogens is 422 g/mol. The second-order valence-electron chi connectivity index (χ2n) is 7.79. The third-order valence-electron chi connectivity index (χ3n) is 5.60. The van der Waals surface area contributed by atoms with Gasteiger partial charge in [0.25, 0.3) is 5.91 Å². The Kier molecular flexibility index (Phi) is 5.10. The molecular formula is C22H21N9O2. The summed E-state index contributed by atoms with van der Waals surface area (Å²) < 4.78 is 7.37. The zero-order valence-corrected chi connectivity index (χ0v) is 17.9. The Bertz CT molecular complexity index is 1430.